The lowest BCUT2D eigenvalue weighted by molar-refractivity contribution is -0.112. The van der Waals surface area contributed by atoms with Crippen molar-refractivity contribution in [1.29, 1.82) is 0 Å². The van der Waals surface area contributed by atoms with E-state index >= 15 is 0 Å². The second kappa shape index (κ2) is 5.09. The van der Waals surface area contributed by atoms with E-state index in [0.29, 0.717) is 22.2 Å². The summed E-state index contributed by atoms with van der Waals surface area (Å²) < 4.78 is 0. The van der Waals surface area contributed by atoms with E-state index in [9.17, 15) is 9.59 Å². The summed E-state index contributed by atoms with van der Waals surface area (Å²) in [6.45, 7) is 0.959. The van der Waals surface area contributed by atoms with Gasteiger partial charge in [-0.1, -0.05) is 24.4 Å². The van der Waals surface area contributed by atoms with Gasteiger partial charge in [0.2, 0.25) is 0 Å². The van der Waals surface area contributed by atoms with Crippen molar-refractivity contribution in [2.24, 2.45) is 5.92 Å². The summed E-state index contributed by atoms with van der Waals surface area (Å²) in [6, 6.07) is 3.40. The molecule has 0 bridgehead atoms. The van der Waals surface area contributed by atoms with Gasteiger partial charge in [0.25, 0.3) is 11.7 Å². The maximum absolute atomic E-state index is 11.6. The zero-order valence-electron chi connectivity index (χ0n) is 11.4. The number of fused-ring (bicyclic) bond motifs is 1. The van der Waals surface area contributed by atoms with Crippen molar-refractivity contribution in [1.82, 2.24) is 0 Å². The Bertz CT molecular complexity index is 579. The van der Waals surface area contributed by atoms with Crippen LogP contribution in [0.3, 0.4) is 0 Å². The molecule has 1 aromatic carbocycles. The number of benzene rings is 1. The molecule has 0 spiro atoms. The molecule has 1 aliphatic carbocycles. The highest BCUT2D eigenvalue weighted by molar-refractivity contribution is 6.52. The van der Waals surface area contributed by atoms with Crippen LogP contribution in [-0.2, 0) is 4.79 Å². The van der Waals surface area contributed by atoms with E-state index in [4.69, 9.17) is 11.6 Å². The number of carbonyl (C=O) groups is 2. The summed E-state index contributed by atoms with van der Waals surface area (Å²) in [6.07, 6.45) is 5.15. The Hall–Kier alpha value is -1.55. The Morgan fingerprint density at radius 1 is 1.30 bits per heavy atom. The van der Waals surface area contributed by atoms with Crippen LogP contribution >= 0.6 is 11.6 Å². The van der Waals surface area contributed by atoms with Crippen LogP contribution in [-0.4, -0.2) is 25.3 Å². The molecular formula is C15H17ClN2O2. The molecule has 1 saturated carbocycles. The molecule has 106 valence electrons. The molecule has 1 aromatic rings. The average molecular weight is 293 g/mol. The highest BCUT2D eigenvalue weighted by atomic mass is 35.5. The van der Waals surface area contributed by atoms with Gasteiger partial charge in [-0.3, -0.25) is 9.59 Å². The van der Waals surface area contributed by atoms with E-state index in [0.717, 1.165) is 12.2 Å². The van der Waals surface area contributed by atoms with Crippen LogP contribution in [0.1, 0.15) is 36.0 Å². The minimum Gasteiger partial charge on any atom is -0.373 e. The molecule has 1 heterocycles. The Morgan fingerprint density at radius 2 is 2.00 bits per heavy atom. The van der Waals surface area contributed by atoms with Crippen molar-refractivity contribution in [3.63, 3.8) is 0 Å². The number of Topliss-reactive ketones (excluding diaryl/α,β-unsaturated/α-hetero) is 1. The predicted molar refractivity (Wildman–Crippen MR) is 79.6 cm³/mol. The Balaban J connectivity index is 1.85. The zero-order valence-corrected chi connectivity index (χ0v) is 12.2. The van der Waals surface area contributed by atoms with Crippen LogP contribution in [0.4, 0.5) is 11.4 Å². The molecule has 0 unspecified atom stereocenters. The van der Waals surface area contributed by atoms with Crippen molar-refractivity contribution in [2.45, 2.75) is 25.7 Å². The van der Waals surface area contributed by atoms with Crippen LogP contribution in [0.15, 0.2) is 12.1 Å². The molecule has 1 N–H and O–H groups in total. The zero-order chi connectivity index (χ0) is 14.3. The summed E-state index contributed by atoms with van der Waals surface area (Å²) in [5, 5.41) is 3.11. The number of nitrogens with zero attached hydrogens (tertiary/aromatic N) is 1. The fourth-order valence-electron chi connectivity index (χ4n) is 3.13. The molecule has 4 nitrogen and oxygen atoms in total. The summed E-state index contributed by atoms with van der Waals surface area (Å²) in [7, 11) is 2.00. The Kier molecular flexibility index (Phi) is 3.42. The molecule has 1 amide bonds. The van der Waals surface area contributed by atoms with Gasteiger partial charge in [0.1, 0.15) is 0 Å². The van der Waals surface area contributed by atoms with Crippen molar-refractivity contribution in [3.8, 4) is 0 Å². The van der Waals surface area contributed by atoms with Crippen LogP contribution in [0, 0.1) is 5.92 Å². The van der Waals surface area contributed by atoms with Gasteiger partial charge in [0, 0.05) is 13.6 Å². The molecule has 0 aromatic heterocycles. The lowest BCUT2D eigenvalue weighted by Gasteiger charge is -2.24. The first-order valence-corrected chi connectivity index (χ1v) is 7.34. The second-order valence-electron chi connectivity index (χ2n) is 5.66. The number of hydrogen-bond donors (Lipinski definition) is 1. The summed E-state index contributed by atoms with van der Waals surface area (Å²) >= 11 is 6.27. The first kappa shape index (κ1) is 13.4. The molecular weight excluding hydrogens is 276 g/mol. The maximum Gasteiger partial charge on any atom is 0.296 e. The van der Waals surface area contributed by atoms with Crippen molar-refractivity contribution in [3.05, 3.63) is 22.7 Å². The number of hydrogen-bond acceptors (Lipinski definition) is 3. The van der Waals surface area contributed by atoms with Crippen molar-refractivity contribution < 1.29 is 9.59 Å². The largest absolute Gasteiger partial charge is 0.373 e. The number of carbonyl (C=O) groups excluding carboxylic acids is 2. The molecule has 3 rings (SSSR count). The smallest absolute Gasteiger partial charge is 0.296 e. The number of nitrogens with one attached hydrogen (secondary N) is 1. The molecule has 0 radical (unpaired) electrons. The van der Waals surface area contributed by atoms with Crippen molar-refractivity contribution in [2.75, 3.05) is 23.8 Å². The lowest BCUT2D eigenvalue weighted by atomic mass is 10.1. The van der Waals surface area contributed by atoms with E-state index in [1.165, 1.54) is 25.7 Å². The first-order chi connectivity index (χ1) is 9.56. The molecule has 1 fully saturated rings. The highest BCUT2D eigenvalue weighted by Gasteiger charge is 2.29. The number of amides is 1. The Morgan fingerprint density at radius 3 is 2.70 bits per heavy atom. The van der Waals surface area contributed by atoms with E-state index in [2.05, 4.69) is 10.2 Å². The number of rotatable bonds is 3. The molecule has 0 atom stereocenters. The fraction of sp³-hybridized carbons (Fsp3) is 0.467. The molecule has 5 heteroatoms. The van der Waals surface area contributed by atoms with E-state index in [1.54, 1.807) is 12.1 Å². The third kappa shape index (κ3) is 2.29. The molecule has 0 saturated heterocycles. The third-order valence-electron chi connectivity index (χ3n) is 4.20. The monoisotopic (exact) mass is 292 g/mol. The quantitative estimate of drug-likeness (QED) is 0.871. The minimum atomic E-state index is -0.577. The minimum absolute atomic E-state index is 0.373. The standard InChI is InChI=1S/C15H17ClN2O2/c1-18(8-9-4-2-3-5-9)13-7-12-10(6-11(13)16)14(19)15(20)17-12/h6-7,9H,2-5,8H2,1H3,(H,17,19,20). The van der Waals surface area contributed by atoms with Gasteiger partial charge in [-0.05, 0) is 30.9 Å². The van der Waals surface area contributed by atoms with Crippen LogP contribution in [0.5, 0.6) is 0 Å². The van der Waals surface area contributed by atoms with Crippen molar-refractivity contribution >= 4 is 34.7 Å². The first-order valence-electron chi connectivity index (χ1n) is 6.96. The summed E-state index contributed by atoms with van der Waals surface area (Å²) in [5.74, 6) is -0.376. The Labute approximate surface area is 123 Å². The molecule has 2 aliphatic rings. The van der Waals surface area contributed by atoms with Crippen LogP contribution in [0.2, 0.25) is 5.02 Å². The van der Waals surface area contributed by atoms with Crippen LogP contribution in [0.25, 0.3) is 0 Å². The van der Waals surface area contributed by atoms with Gasteiger partial charge in [-0.2, -0.15) is 0 Å². The van der Waals surface area contributed by atoms with Gasteiger partial charge >= 0.3 is 0 Å². The number of ketones is 1. The van der Waals surface area contributed by atoms with E-state index < -0.39 is 11.7 Å². The normalized spacial score (nSPS) is 18.3. The third-order valence-corrected chi connectivity index (χ3v) is 4.51. The topological polar surface area (TPSA) is 49.4 Å². The molecule has 20 heavy (non-hydrogen) atoms. The second-order valence-corrected chi connectivity index (χ2v) is 6.07. The fourth-order valence-corrected chi connectivity index (χ4v) is 3.43. The molecule has 1 aliphatic heterocycles. The SMILES string of the molecule is CN(CC1CCCC1)c1cc2c(cc1Cl)C(=O)C(=O)N2. The highest BCUT2D eigenvalue weighted by Crippen LogP contribution is 2.36. The van der Waals surface area contributed by atoms with Gasteiger partial charge < -0.3 is 10.2 Å². The van der Waals surface area contributed by atoms with E-state index in [1.807, 2.05) is 7.05 Å². The van der Waals surface area contributed by atoms with Gasteiger partial charge in [-0.15, -0.1) is 0 Å². The van der Waals surface area contributed by atoms with Gasteiger partial charge in [0.05, 0.1) is 22.0 Å². The lowest BCUT2D eigenvalue weighted by Crippen LogP contribution is -2.24. The summed E-state index contributed by atoms with van der Waals surface area (Å²) in [5.41, 5.74) is 1.81. The van der Waals surface area contributed by atoms with E-state index in [-0.39, 0.29) is 0 Å². The van der Waals surface area contributed by atoms with Crippen LogP contribution < -0.4 is 10.2 Å². The number of halogens is 1. The number of anilines is 2. The van der Waals surface area contributed by atoms with Gasteiger partial charge in [0.15, 0.2) is 0 Å². The van der Waals surface area contributed by atoms with Gasteiger partial charge in [-0.25, -0.2) is 0 Å². The predicted octanol–water partition coefficient (Wildman–Crippen LogP) is 3.10. The summed E-state index contributed by atoms with van der Waals surface area (Å²) in [4.78, 5) is 25.1. The maximum atomic E-state index is 11.6. The average Bonchev–Trinajstić information content (AvgIpc) is 3.00.